The topological polar surface area (TPSA) is 74.6 Å². The van der Waals surface area contributed by atoms with E-state index in [1.807, 2.05) is 18.2 Å². The molecule has 0 heterocycles. The fraction of sp³-hybridized carbons (Fsp3) is 0.462. The van der Waals surface area contributed by atoms with Crippen LogP contribution in [0.5, 0.6) is 0 Å². The van der Waals surface area contributed by atoms with Crippen LogP contribution in [-0.2, 0) is 22.4 Å². The second-order valence-electron chi connectivity index (χ2n) is 7.91. The predicted octanol–water partition coefficient (Wildman–Crippen LogP) is 0.769. The van der Waals surface area contributed by atoms with Crippen LogP contribution < -0.4 is 59.1 Å². The summed E-state index contributed by atoms with van der Waals surface area (Å²) in [4.78, 5) is 22.2. The van der Waals surface area contributed by atoms with Crippen molar-refractivity contribution in [3.63, 3.8) is 0 Å². The van der Waals surface area contributed by atoms with Crippen molar-refractivity contribution in [2.75, 3.05) is 5.75 Å². The molecule has 172 valence electrons. The van der Waals surface area contributed by atoms with Crippen molar-refractivity contribution in [1.29, 1.82) is 0 Å². The molecule has 0 bridgehead atoms. The van der Waals surface area contributed by atoms with Gasteiger partial charge in [-0.15, -0.1) is 0 Å². The Morgan fingerprint density at radius 1 is 0.758 bits per heavy atom. The van der Waals surface area contributed by atoms with Crippen LogP contribution in [0, 0.1) is 0 Å². The van der Waals surface area contributed by atoms with Crippen molar-refractivity contribution >= 4 is 23.7 Å². The molecule has 1 atom stereocenters. The minimum atomic E-state index is -0.849. The van der Waals surface area contributed by atoms with Gasteiger partial charge in [-0.3, -0.25) is 9.59 Å². The van der Waals surface area contributed by atoms with Crippen LogP contribution in [-0.4, -0.2) is 27.9 Å². The van der Waals surface area contributed by atoms with Gasteiger partial charge in [-0.25, -0.2) is 0 Å². The van der Waals surface area contributed by atoms with Crippen LogP contribution in [0.1, 0.15) is 76.2 Å². The van der Waals surface area contributed by atoms with E-state index < -0.39 is 11.9 Å². The number of hydrogen-bond acceptors (Lipinski definition) is 3. The van der Waals surface area contributed by atoms with Gasteiger partial charge in [-0.1, -0.05) is 80.3 Å². The van der Waals surface area contributed by atoms with E-state index in [9.17, 15) is 14.7 Å². The monoisotopic (exact) mass is 490 g/mol. The number of rotatable bonds is 16. The summed E-state index contributed by atoms with van der Waals surface area (Å²) in [5.41, 5.74) is 3.65. The number of carbonyl (C=O) groups is 2. The van der Waals surface area contributed by atoms with Gasteiger partial charge >= 0.3 is 71.1 Å². The molecule has 0 aromatic heterocycles. The first kappa shape index (κ1) is 32.7. The van der Waals surface area contributed by atoms with Gasteiger partial charge in [0.15, 0.2) is 0 Å². The van der Waals surface area contributed by atoms with Crippen molar-refractivity contribution in [2.45, 2.75) is 69.5 Å². The van der Waals surface area contributed by atoms with E-state index >= 15 is 0 Å². The standard InChI is InChI=1S/C26H34O4S.2Na.2H/c27-25(28)18-19-31-24(20-26(29)30)23-17-11-10-16-22(23)15-9-4-2-1-3-6-12-21-13-7-5-8-14-21;;;;/h5,7-8,10-11,13-14,16-17,24H,1-4,6,9,12,15,18-20H2,(H,27,28)(H,29,30);;;;/q;2*+1;2*-1/t24-;;;;/m0..../s1. The Morgan fingerprint density at radius 3 is 1.97 bits per heavy atom. The SMILES string of the molecule is O=C(O)CCS[C@@H](CC(=O)O)c1ccccc1CCCCCCCCc1ccccc1.[H-].[H-].[Na+].[Na+]. The maximum Gasteiger partial charge on any atom is 1.00 e. The van der Waals surface area contributed by atoms with E-state index in [1.165, 1.54) is 55.0 Å². The van der Waals surface area contributed by atoms with Crippen molar-refractivity contribution in [3.8, 4) is 0 Å². The molecule has 4 nitrogen and oxygen atoms in total. The van der Waals surface area contributed by atoms with Crippen molar-refractivity contribution in [2.24, 2.45) is 0 Å². The van der Waals surface area contributed by atoms with Gasteiger partial charge in [0, 0.05) is 11.0 Å². The molecular formula is C26H36Na2O4S. The summed E-state index contributed by atoms with van der Waals surface area (Å²) in [5, 5.41) is 18.0. The fourth-order valence-corrected chi connectivity index (χ4v) is 5.03. The van der Waals surface area contributed by atoms with Gasteiger partial charge in [0.1, 0.15) is 0 Å². The number of benzene rings is 2. The quantitative estimate of drug-likeness (QED) is 0.269. The first-order valence-corrected chi connectivity index (χ1v) is 12.3. The molecule has 2 N–H and O–H groups in total. The minimum absolute atomic E-state index is 0. The van der Waals surface area contributed by atoms with Gasteiger partial charge in [0.25, 0.3) is 0 Å². The summed E-state index contributed by atoms with van der Waals surface area (Å²) >= 11 is 1.43. The van der Waals surface area contributed by atoms with E-state index in [0.29, 0.717) is 5.75 Å². The van der Waals surface area contributed by atoms with E-state index in [-0.39, 0.29) is 80.1 Å². The molecule has 0 amide bonds. The third kappa shape index (κ3) is 14.7. The number of thioether (sulfide) groups is 1. The Hall–Kier alpha value is -0.270. The molecule has 0 saturated heterocycles. The van der Waals surface area contributed by atoms with Crippen LogP contribution in [0.2, 0.25) is 0 Å². The van der Waals surface area contributed by atoms with E-state index in [4.69, 9.17) is 5.11 Å². The maximum absolute atomic E-state index is 11.3. The smallest absolute Gasteiger partial charge is 1.00 e. The molecular weight excluding hydrogens is 454 g/mol. The number of unbranched alkanes of at least 4 members (excludes halogenated alkanes) is 5. The van der Waals surface area contributed by atoms with Crippen molar-refractivity contribution < 1.29 is 81.8 Å². The third-order valence-corrected chi connectivity index (χ3v) is 6.66. The van der Waals surface area contributed by atoms with Crippen LogP contribution >= 0.6 is 11.8 Å². The molecule has 0 aliphatic heterocycles. The molecule has 33 heavy (non-hydrogen) atoms. The predicted molar refractivity (Wildman–Crippen MR) is 130 cm³/mol. The molecule has 0 aliphatic carbocycles. The summed E-state index contributed by atoms with van der Waals surface area (Å²) < 4.78 is 0. The Morgan fingerprint density at radius 2 is 1.33 bits per heavy atom. The van der Waals surface area contributed by atoms with Crippen LogP contribution in [0.25, 0.3) is 0 Å². The summed E-state index contributed by atoms with van der Waals surface area (Å²) in [6.45, 7) is 0. The maximum atomic E-state index is 11.3. The second kappa shape index (κ2) is 20.0. The number of aryl methyl sites for hydroxylation is 2. The molecule has 2 aromatic rings. The zero-order valence-corrected chi connectivity index (χ0v) is 25.0. The molecule has 7 heteroatoms. The number of carboxylic acids is 2. The summed E-state index contributed by atoms with van der Waals surface area (Å²) in [6.07, 6.45) is 9.39. The fourth-order valence-electron chi connectivity index (χ4n) is 3.78. The first-order chi connectivity index (χ1) is 15.1. The first-order valence-electron chi connectivity index (χ1n) is 11.2. The molecule has 2 aromatic carbocycles. The Bertz CT molecular complexity index is 813. The number of aliphatic carboxylic acids is 2. The average Bonchev–Trinajstić information content (AvgIpc) is 2.75. The van der Waals surface area contributed by atoms with Gasteiger partial charge in [-0.05, 0) is 42.4 Å². The molecule has 2 rings (SSSR count). The van der Waals surface area contributed by atoms with Crippen LogP contribution in [0.3, 0.4) is 0 Å². The summed E-state index contributed by atoms with van der Waals surface area (Å²) in [5.74, 6) is -1.28. The molecule has 0 aliphatic rings. The molecule has 0 fully saturated rings. The number of hydrogen-bond donors (Lipinski definition) is 2. The molecule has 0 spiro atoms. The van der Waals surface area contributed by atoms with Gasteiger partial charge in [0.2, 0.25) is 0 Å². The van der Waals surface area contributed by atoms with E-state index in [0.717, 1.165) is 24.8 Å². The minimum Gasteiger partial charge on any atom is -1.00 e. The van der Waals surface area contributed by atoms with Gasteiger partial charge in [0.05, 0.1) is 12.8 Å². The second-order valence-corrected chi connectivity index (χ2v) is 9.22. The largest absolute Gasteiger partial charge is 1.00 e. The van der Waals surface area contributed by atoms with Crippen molar-refractivity contribution in [3.05, 3.63) is 71.3 Å². The zero-order chi connectivity index (χ0) is 22.3. The Labute approximate surface area is 249 Å². The van der Waals surface area contributed by atoms with Gasteiger partial charge in [-0.2, -0.15) is 11.8 Å². The van der Waals surface area contributed by atoms with Crippen LogP contribution in [0.15, 0.2) is 54.6 Å². The summed E-state index contributed by atoms with van der Waals surface area (Å²) in [6, 6.07) is 18.7. The normalized spacial score (nSPS) is 11.2. The Balaban J connectivity index is -0.00000256. The average molecular weight is 491 g/mol. The number of carboxylic acid groups (broad SMARTS) is 2. The molecule has 0 saturated carbocycles. The summed E-state index contributed by atoms with van der Waals surface area (Å²) in [7, 11) is 0. The molecule has 0 radical (unpaired) electrons. The molecule has 0 unspecified atom stereocenters. The Kier molecular flexibility index (Phi) is 19.8. The van der Waals surface area contributed by atoms with E-state index in [1.54, 1.807) is 0 Å². The van der Waals surface area contributed by atoms with Crippen LogP contribution in [0.4, 0.5) is 0 Å². The van der Waals surface area contributed by atoms with Gasteiger partial charge < -0.3 is 13.1 Å². The van der Waals surface area contributed by atoms with E-state index in [2.05, 4.69) is 36.4 Å². The third-order valence-electron chi connectivity index (χ3n) is 5.40. The van der Waals surface area contributed by atoms with Crippen molar-refractivity contribution in [1.82, 2.24) is 0 Å². The zero-order valence-electron chi connectivity index (χ0n) is 22.2.